The maximum atomic E-state index is 12.3. The molecule has 0 fully saturated rings. The quantitative estimate of drug-likeness (QED) is 0.321. The van der Waals surface area contributed by atoms with Crippen molar-refractivity contribution < 1.29 is 28.4 Å². The summed E-state index contributed by atoms with van der Waals surface area (Å²) in [4.78, 5) is 35.1. The Hall–Kier alpha value is -3.88. The summed E-state index contributed by atoms with van der Waals surface area (Å²) in [5.41, 5.74) is 3.66. The minimum atomic E-state index is -0.680. The lowest BCUT2D eigenvalue weighted by molar-refractivity contribution is -0.384. The highest BCUT2D eigenvalue weighted by molar-refractivity contribution is 5.95. The van der Waals surface area contributed by atoms with Crippen molar-refractivity contribution in [1.82, 2.24) is 0 Å². The first-order chi connectivity index (χ1) is 15.4. The standard InChI is InChI=1S/C23H22N2O7/c1-2-30-17-6-7-19(20(11-17)25(28)29)24-22(26)13-32-23(27)10-16-12-31-21-9-15-5-3-4-14(15)8-18(16)21/h6-9,11-12H,2-5,10,13H2,1H3,(H,24,26). The Balaban J connectivity index is 1.36. The van der Waals surface area contributed by atoms with E-state index in [1.54, 1.807) is 6.92 Å². The highest BCUT2D eigenvalue weighted by Gasteiger charge is 2.20. The number of anilines is 1. The van der Waals surface area contributed by atoms with Crippen LogP contribution >= 0.6 is 0 Å². The maximum Gasteiger partial charge on any atom is 0.310 e. The molecule has 1 aliphatic carbocycles. The highest BCUT2D eigenvalue weighted by Crippen LogP contribution is 2.31. The van der Waals surface area contributed by atoms with Gasteiger partial charge < -0.3 is 19.2 Å². The van der Waals surface area contributed by atoms with E-state index in [0.29, 0.717) is 17.9 Å². The molecule has 3 aromatic rings. The van der Waals surface area contributed by atoms with Gasteiger partial charge in [0.05, 0.1) is 30.3 Å². The van der Waals surface area contributed by atoms with Crippen LogP contribution in [-0.2, 0) is 33.6 Å². The summed E-state index contributed by atoms with van der Waals surface area (Å²) in [5.74, 6) is -0.952. The molecular formula is C23H22N2O7. The highest BCUT2D eigenvalue weighted by atomic mass is 16.6. The lowest BCUT2D eigenvalue weighted by atomic mass is 10.0. The maximum absolute atomic E-state index is 12.3. The molecular weight excluding hydrogens is 416 g/mol. The van der Waals surface area contributed by atoms with Gasteiger partial charge in [0.25, 0.3) is 11.6 Å². The van der Waals surface area contributed by atoms with Crippen LogP contribution in [0.5, 0.6) is 5.75 Å². The Morgan fingerprint density at radius 2 is 1.97 bits per heavy atom. The molecule has 2 aromatic carbocycles. The van der Waals surface area contributed by atoms with Crippen LogP contribution in [-0.4, -0.2) is 30.0 Å². The molecule has 0 unspecified atom stereocenters. The smallest absolute Gasteiger partial charge is 0.310 e. The third-order valence-electron chi connectivity index (χ3n) is 5.32. The van der Waals surface area contributed by atoms with Crippen LogP contribution in [0.4, 0.5) is 11.4 Å². The van der Waals surface area contributed by atoms with Gasteiger partial charge in [-0.25, -0.2) is 0 Å². The molecule has 0 bridgehead atoms. The Morgan fingerprint density at radius 3 is 2.72 bits per heavy atom. The van der Waals surface area contributed by atoms with Gasteiger partial charge in [0.1, 0.15) is 17.0 Å². The summed E-state index contributed by atoms with van der Waals surface area (Å²) < 4.78 is 15.9. The van der Waals surface area contributed by atoms with Crippen LogP contribution in [0.15, 0.2) is 41.0 Å². The van der Waals surface area contributed by atoms with Crippen LogP contribution < -0.4 is 10.1 Å². The van der Waals surface area contributed by atoms with Crippen molar-refractivity contribution in [3.63, 3.8) is 0 Å². The minimum absolute atomic E-state index is 0.00538. The van der Waals surface area contributed by atoms with Gasteiger partial charge in [-0.15, -0.1) is 0 Å². The Morgan fingerprint density at radius 1 is 1.19 bits per heavy atom. The van der Waals surface area contributed by atoms with Crippen molar-refractivity contribution in [3.05, 3.63) is 63.4 Å². The second-order valence-corrected chi connectivity index (χ2v) is 7.49. The second-order valence-electron chi connectivity index (χ2n) is 7.49. The van der Waals surface area contributed by atoms with E-state index < -0.39 is 23.4 Å². The number of rotatable bonds is 8. The van der Waals surface area contributed by atoms with Gasteiger partial charge in [0.15, 0.2) is 6.61 Å². The number of aryl methyl sites for hydroxylation is 2. The second kappa shape index (κ2) is 9.09. The first-order valence-electron chi connectivity index (χ1n) is 10.3. The topological polar surface area (TPSA) is 121 Å². The average molecular weight is 438 g/mol. The van der Waals surface area contributed by atoms with E-state index in [9.17, 15) is 19.7 Å². The summed E-state index contributed by atoms with van der Waals surface area (Å²) in [6.07, 6.45) is 4.65. The zero-order valence-electron chi connectivity index (χ0n) is 17.5. The number of nitro benzene ring substituents is 1. The molecule has 0 saturated carbocycles. The zero-order chi connectivity index (χ0) is 22.7. The molecule has 1 aromatic heterocycles. The van der Waals surface area contributed by atoms with Crippen LogP contribution in [0.2, 0.25) is 0 Å². The van der Waals surface area contributed by atoms with E-state index in [2.05, 4.69) is 11.4 Å². The molecule has 4 rings (SSSR count). The monoisotopic (exact) mass is 438 g/mol. The van der Waals surface area contributed by atoms with Crippen LogP contribution in [0, 0.1) is 10.1 Å². The van der Waals surface area contributed by atoms with E-state index in [0.717, 1.165) is 30.2 Å². The Labute approximate surface area is 183 Å². The Kier molecular flexibility index (Phi) is 6.07. The van der Waals surface area contributed by atoms with Crippen molar-refractivity contribution in [1.29, 1.82) is 0 Å². The molecule has 0 atom stereocenters. The first kappa shape index (κ1) is 21.4. The normalized spacial score (nSPS) is 12.4. The SMILES string of the molecule is CCOc1ccc(NC(=O)COC(=O)Cc2coc3cc4c(cc23)CCC4)c([N+](=O)[O-])c1. The minimum Gasteiger partial charge on any atom is -0.494 e. The number of carbonyl (C=O) groups is 2. The molecule has 9 heteroatoms. The molecule has 166 valence electrons. The number of nitrogens with zero attached hydrogens (tertiary/aromatic N) is 1. The molecule has 1 heterocycles. The van der Waals surface area contributed by atoms with Gasteiger partial charge in [0, 0.05) is 10.9 Å². The van der Waals surface area contributed by atoms with E-state index in [-0.39, 0.29) is 17.8 Å². The van der Waals surface area contributed by atoms with E-state index in [4.69, 9.17) is 13.9 Å². The number of ether oxygens (including phenoxy) is 2. The number of nitrogens with one attached hydrogen (secondary N) is 1. The van der Waals surface area contributed by atoms with Gasteiger partial charge >= 0.3 is 5.97 Å². The fourth-order valence-corrected chi connectivity index (χ4v) is 3.85. The molecule has 9 nitrogen and oxygen atoms in total. The number of furan rings is 1. The lowest BCUT2D eigenvalue weighted by Crippen LogP contribution is -2.22. The van der Waals surface area contributed by atoms with E-state index in [1.807, 2.05) is 6.07 Å². The number of nitro groups is 1. The van der Waals surface area contributed by atoms with Gasteiger partial charge in [-0.1, -0.05) is 0 Å². The summed E-state index contributed by atoms with van der Waals surface area (Å²) in [5, 5.41) is 14.6. The molecule has 0 saturated heterocycles. The van der Waals surface area contributed by atoms with Crippen molar-refractivity contribution in [2.75, 3.05) is 18.5 Å². The zero-order valence-corrected chi connectivity index (χ0v) is 17.5. The molecule has 1 N–H and O–H groups in total. The largest absolute Gasteiger partial charge is 0.494 e. The van der Waals surface area contributed by atoms with Crippen LogP contribution in [0.25, 0.3) is 11.0 Å². The molecule has 1 amide bonds. The van der Waals surface area contributed by atoms with Crippen molar-refractivity contribution in [2.24, 2.45) is 0 Å². The first-order valence-corrected chi connectivity index (χ1v) is 10.3. The van der Waals surface area contributed by atoms with Crippen LogP contribution in [0.3, 0.4) is 0 Å². The number of amides is 1. The van der Waals surface area contributed by atoms with Gasteiger partial charge in [-0.2, -0.15) is 0 Å². The number of benzene rings is 2. The third-order valence-corrected chi connectivity index (χ3v) is 5.32. The fraction of sp³-hybridized carbons (Fsp3) is 0.304. The van der Waals surface area contributed by atoms with Crippen molar-refractivity contribution in [3.8, 4) is 5.75 Å². The summed E-state index contributed by atoms with van der Waals surface area (Å²) in [6.45, 7) is 1.55. The number of carbonyl (C=O) groups excluding carboxylic acids is 2. The molecule has 32 heavy (non-hydrogen) atoms. The number of fused-ring (bicyclic) bond motifs is 2. The summed E-state index contributed by atoms with van der Waals surface area (Å²) in [7, 11) is 0. The van der Waals surface area contributed by atoms with Crippen molar-refractivity contribution in [2.45, 2.75) is 32.6 Å². The molecule has 0 radical (unpaired) electrons. The molecule has 0 aliphatic heterocycles. The van der Waals surface area contributed by atoms with Crippen molar-refractivity contribution >= 4 is 34.2 Å². The number of esters is 1. The summed E-state index contributed by atoms with van der Waals surface area (Å²) in [6, 6.07) is 8.19. The molecule has 0 spiro atoms. The molecule has 1 aliphatic rings. The predicted molar refractivity (Wildman–Crippen MR) is 116 cm³/mol. The fourth-order valence-electron chi connectivity index (χ4n) is 3.85. The van der Waals surface area contributed by atoms with Crippen LogP contribution in [0.1, 0.15) is 30.0 Å². The predicted octanol–water partition coefficient (Wildman–Crippen LogP) is 3.95. The number of hydrogen-bond acceptors (Lipinski definition) is 7. The Bertz CT molecular complexity index is 1200. The van der Waals surface area contributed by atoms with Gasteiger partial charge in [0.2, 0.25) is 0 Å². The van der Waals surface area contributed by atoms with Gasteiger partial charge in [-0.05, 0) is 61.6 Å². The lowest BCUT2D eigenvalue weighted by Gasteiger charge is -2.09. The third kappa shape index (κ3) is 4.56. The van der Waals surface area contributed by atoms with E-state index in [1.165, 1.54) is 35.6 Å². The number of hydrogen-bond donors (Lipinski definition) is 1. The van der Waals surface area contributed by atoms with Gasteiger partial charge in [-0.3, -0.25) is 19.7 Å². The summed E-state index contributed by atoms with van der Waals surface area (Å²) >= 11 is 0. The van der Waals surface area contributed by atoms with E-state index >= 15 is 0 Å². The average Bonchev–Trinajstić information content (AvgIpc) is 3.38.